The molecule has 2 rings (SSSR count). The van der Waals surface area contributed by atoms with E-state index in [-0.39, 0.29) is 24.3 Å². The predicted molar refractivity (Wildman–Crippen MR) is 83.6 cm³/mol. The van der Waals surface area contributed by atoms with Crippen LogP contribution >= 0.6 is 0 Å². The number of hydrogen-bond donors (Lipinski definition) is 2. The SMILES string of the molecule is N#CCNC(=O)C(CNC(=O)C1=CCCC1)C1CCCCC1. The van der Waals surface area contributed by atoms with Crippen molar-refractivity contribution in [2.75, 3.05) is 13.1 Å². The monoisotopic (exact) mass is 303 g/mol. The topological polar surface area (TPSA) is 82.0 Å². The summed E-state index contributed by atoms with van der Waals surface area (Å²) in [5.74, 6) is -0.0505. The van der Waals surface area contributed by atoms with Crippen molar-refractivity contribution < 1.29 is 9.59 Å². The number of carbonyl (C=O) groups excluding carboxylic acids is 2. The number of nitrogens with zero attached hydrogens (tertiary/aromatic N) is 1. The van der Waals surface area contributed by atoms with Gasteiger partial charge in [-0.25, -0.2) is 0 Å². The van der Waals surface area contributed by atoms with Gasteiger partial charge >= 0.3 is 0 Å². The Morgan fingerprint density at radius 3 is 2.64 bits per heavy atom. The van der Waals surface area contributed by atoms with E-state index in [0.717, 1.165) is 50.5 Å². The lowest BCUT2D eigenvalue weighted by Crippen LogP contribution is -2.43. The van der Waals surface area contributed by atoms with E-state index in [0.29, 0.717) is 12.5 Å². The van der Waals surface area contributed by atoms with E-state index in [1.165, 1.54) is 6.42 Å². The minimum absolute atomic E-state index is 0.0289. The molecule has 22 heavy (non-hydrogen) atoms. The van der Waals surface area contributed by atoms with Gasteiger partial charge < -0.3 is 10.6 Å². The number of hydrogen-bond acceptors (Lipinski definition) is 3. The molecule has 2 aliphatic rings. The first-order chi connectivity index (χ1) is 10.7. The number of rotatable bonds is 6. The molecule has 2 N–H and O–H groups in total. The second-order valence-electron chi connectivity index (χ2n) is 6.21. The molecule has 0 spiro atoms. The number of carbonyl (C=O) groups is 2. The van der Waals surface area contributed by atoms with Gasteiger partial charge in [-0.3, -0.25) is 9.59 Å². The molecule has 0 aromatic heterocycles. The molecule has 1 atom stereocenters. The van der Waals surface area contributed by atoms with E-state index in [2.05, 4.69) is 10.6 Å². The first kappa shape index (κ1) is 16.5. The highest BCUT2D eigenvalue weighted by molar-refractivity contribution is 5.94. The molecular formula is C17H25N3O2. The third-order valence-corrected chi connectivity index (χ3v) is 4.71. The molecular weight excluding hydrogens is 278 g/mol. The smallest absolute Gasteiger partial charge is 0.246 e. The van der Waals surface area contributed by atoms with Crippen molar-refractivity contribution >= 4 is 11.8 Å². The van der Waals surface area contributed by atoms with Crippen molar-refractivity contribution in [3.05, 3.63) is 11.6 Å². The molecule has 0 bridgehead atoms. The zero-order valence-corrected chi connectivity index (χ0v) is 13.1. The fraction of sp³-hybridized carbons (Fsp3) is 0.706. The minimum atomic E-state index is -0.223. The van der Waals surface area contributed by atoms with Crippen LogP contribution in [0.4, 0.5) is 0 Å². The van der Waals surface area contributed by atoms with E-state index >= 15 is 0 Å². The van der Waals surface area contributed by atoms with Gasteiger partial charge in [0.25, 0.3) is 0 Å². The van der Waals surface area contributed by atoms with Crippen LogP contribution in [0, 0.1) is 23.2 Å². The lowest BCUT2D eigenvalue weighted by Gasteiger charge is -2.29. The fourth-order valence-corrected chi connectivity index (χ4v) is 3.46. The van der Waals surface area contributed by atoms with Gasteiger partial charge in [0.15, 0.2) is 0 Å². The molecule has 1 saturated carbocycles. The lowest BCUT2D eigenvalue weighted by molar-refractivity contribution is -0.127. The maximum atomic E-state index is 12.3. The van der Waals surface area contributed by atoms with E-state index in [9.17, 15) is 9.59 Å². The maximum Gasteiger partial charge on any atom is 0.246 e. The molecule has 120 valence electrons. The van der Waals surface area contributed by atoms with E-state index in [1.54, 1.807) is 0 Å². The Morgan fingerprint density at radius 2 is 2.00 bits per heavy atom. The molecule has 0 heterocycles. The summed E-state index contributed by atoms with van der Waals surface area (Å²) >= 11 is 0. The molecule has 5 heteroatoms. The van der Waals surface area contributed by atoms with Crippen molar-refractivity contribution in [1.82, 2.24) is 10.6 Å². The summed E-state index contributed by atoms with van der Waals surface area (Å²) in [7, 11) is 0. The van der Waals surface area contributed by atoms with E-state index < -0.39 is 0 Å². The van der Waals surface area contributed by atoms with Crippen molar-refractivity contribution in [3.63, 3.8) is 0 Å². The predicted octanol–water partition coefficient (Wildman–Crippen LogP) is 2.05. The summed E-state index contributed by atoms with van der Waals surface area (Å²) in [6.45, 7) is 0.402. The molecule has 0 aromatic carbocycles. The number of nitrogens with one attached hydrogen (secondary N) is 2. The van der Waals surface area contributed by atoms with Crippen molar-refractivity contribution in [1.29, 1.82) is 5.26 Å². The Kier molecular flexibility index (Phi) is 6.45. The average molecular weight is 303 g/mol. The van der Waals surface area contributed by atoms with Gasteiger partial charge in [0.2, 0.25) is 11.8 Å². The molecule has 1 fully saturated rings. The normalized spacial score (nSPS) is 19.9. The average Bonchev–Trinajstić information content (AvgIpc) is 3.08. The third kappa shape index (κ3) is 4.59. The molecule has 0 aromatic rings. The van der Waals surface area contributed by atoms with E-state index in [4.69, 9.17) is 5.26 Å². The second kappa shape index (κ2) is 8.57. The van der Waals surface area contributed by atoms with Gasteiger partial charge in [-0.2, -0.15) is 5.26 Å². The molecule has 0 saturated heterocycles. The highest BCUT2D eigenvalue weighted by Gasteiger charge is 2.30. The molecule has 2 amide bonds. The van der Waals surface area contributed by atoms with Gasteiger partial charge in [0.1, 0.15) is 6.54 Å². The standard InChI is InChI=1S/C17H25N3O2/c18-10-11-19-17(22)15(13-6-2-1-3-7-13)12-20-16(21)14-8-4-5-9-14/h8,13,15H,1-7,9,11-12H2,(H,19,22)(H,20,21). The van der Waals surface area contributed by atoms with Gasteiger partial charge in [-0.05, 0) is 38.0 Å². The Hall–Kier alpha value is -1.83. The zero-order valence-electron chi connectivity index (χ0n) is 13.1. The Balaban J connectivity index is 1.92. The first-order valence-corrected chi connectivity index (χ1v) is 8.34. The van der Waals surface area contributed by atoms with Crippen LogP contribution in [0.25, 0.3) is 0 Å². The summed E-state index contributed by atoms with van der Waals surface area (Å²) < 4.78 is 0. The van der Waals surface area contributed by atoms with Crippen LogP contribution in [0.5, 0.6) is 0 Å². The summed E-state index contributed by atoms with van der Waals surface area (Å²) in [6.07, 6.45) is 10.4. The van der Waals surface area contributed by atoms with Crippen LogP contribution in [0.1, 0.15) is 51.4 Å². The molecule has 0 aliphatic heterocycles. The number of nitriles is 1. The summed E-state index contributed by atoms with van der Waals surface area (Å²) in [5.41, 5.74) is 0.847. The Bertz CT molecular complexity index is 473. The lowest BCUT2D eigenvalue weighted by atomic mass is 9.79. The van der Waals surface area contributed by atoms with Crippen molar-refractivity contribution in [2.24, 2.45) is 11.8 Å². The van der Waals surface area contributed by atoms with E-state index in [1.807, 2.05) is 12.1 Å². The summed E-state index contributed by atoms with van der Waals surface area (Å²) in [5, 5.41) is 14.2. The number of allylic oxidation sites excluding steroid dienone is 1. The second-order valence-corrected chi connectivity index (χ2v) is 6.21. The third-order valence-electron chi connectivity index (χ3n) is 4.71. The van der Waals surface area contributed by atoms with Gasteiger partial charge in [0, 0.05) is 12.1 Å². The molecule has 1 unspecified atom stereocenters. The Morgan fingerprint density at radius 1 is 1.23 bits per heavy atom. The minimum Gasteiger partial charge on any atom is -0.352 e. The van der Waals surface area contributed by atoms with Crippen LogP contribution in [0.2, 0.25) is 0 Å². The number of amides is 2. The van der Waals surface area contributed by atoms with Crippen molar-refractivity contribution in [2.45, 2.75) is 51.4 Å². The van der Waals surface area contributed by atoms with Crippen LogP contribution < -0.4 is 10.6 Å². The van der Waals surface area contributed by atoms with Crippen LogP contribution in [-0.2, 0) is 9.59 Å². The largest absolute Gasteiger partial charge is 0.352 e. The van der Waals surface area contributed by atoms with Crippen LogP contribution in [-0.4, -0.2) is 24.9 Å². The van der Waals surface area contributed by atoms with Gasteiger partial charge in [-0.1, -0.05) is 25.3 Å². The van der Waals surface area contributed by atoms with Crippen LogP contribution in [0.15, 0.2) is 11.6 Å². The maximum absolute atomic E-state index is 12.3. The first-order valence-electron chi connectivity index (χ1n) is 8.34. The summed E-state index contributed by atoms with van der Waals surface area (Å²) in [4.78, 5) is 24.4. The van der Waals surface area contributed by atoms with Crippen LogP contribution in [0.3, 0.4) is 0 Å². The molecule has 5 nitrogen and oxygen atoms in total. The van der Waals surface area contributed by atoms with Gasteiger partial charge in [-0.15, -0.1) is 0 Å². The van der Waals surface area contributed by atoms with Gasteiger partial charge in [0.05, 0.1) is 12.0 Å². The molecule has 2 aliphatic carbocycles. The molecule has 0 radical (unpaired) electrons. The Labute approximate surface area is 132 Å². The summed E-state index contributed by atoms with van der Waals surface area (Å²) in [6, 6.07) is 1.94. The fourth-order valence-electron chi connectivity index (χ4n) is 3.46. The highest BCUT2D eigenvalue weighted by Crippen LogP contribution is 2.30. The van der Waals surface area contributed by atoms with Crippen molar-refractivity contribution in [3.8, 4) is 6.07 Å². The zero-order chi connectivity index (χ0) is 15.8. The quantitative estimate of drug-likeness (QED) is 0.737. The highest BCUT2D eigenvalue weighted by atomic mass is 16.2.